The SMILES string of the molecule is CCC(C)NC(=O)CCS(=O)(=O)c1ccc(OC)c(Cl)c1. The van der Waals surface area contributed by atoms with E-state index in [1.807, 2.05) is 13.8 Å². The molecule has 0 aliphatic carbocycles. The van der Waals surface area contributed by atoms with Crippen LogP contribution in [0.15, 0.2) is 23.1 Å². The number of carbonyl (C=O) groups is 1. The van der Waals surface area contributed by atoms with E-state index in [0.29, 0.717) is 5.75 Å². The van der Waals surface area contributed by atoms with Crippen LogP contribution in [0.25, 0.3) is 0 Å². The maximum atomic E-state index is 12.2. The second-order valence-electron chi connectivity index (χ2n) is 4.74. The van der Waals surface area contributed by atoms with Crippen molar-refractivity contribution in [2.75, 3.05) is 12.9 Å². The molecule has 0 aromatic heterocycles. The Hall–Kier alpha value is -1.27. The third kappa shape index (κ3) is 5.21. The van der Waals surface area contributed by atoms with Gasteiger partial charge in [0.1, 0.15) is 5.75 Å². The predicted molar refractivity (Wildman–Crippen MR) is 82.6 cm³/mol. The minimum absolute atomic E-state index is 0.0376. The molecule has 0 heterocycles. The lowest BCUT2D eigenvalue weighted by molar-refractivity contribution is -0.121. The van der Waals surface area contributed by atoms with E-state index in [1.165, 1.54) is 25.3 Å². The average molecular weight is 334 g/mol. The average Bonchev–Trinajstić information content (AvgIpc) is 2.45. The first-order chi connectivity index (χ1) is 9.80. The highest BCUT2D eigenvalue weighted by Crippen LogP contribution is 2.27. The number of amides is 1. The van der Waals surface area contributed by atoms with E-state index in [1.54, 1.807) is 0 Å². The van der Waals surface area contributed by atoms with E-state index in [2.05, 4.69) is 5.32 Å². The van der Waals surface area contributed by atoms with Crippen molar-refractivity contribution >= 4 is 27.3 Å². The number of benzene rings is 1. The molecule has 0 saturated carbocycles. The Morgan fingerprint density at radius 1 is 1.43 bits per heavy atom. The van der Waals surface area contributed by atoms with E-state index in [0.717, 1.165) is 6.42 Å². The van der Waals surface area contributed by atoms with Crippen LogP contribution in [-0.4, -0.2) is 33.2 Å². The standard InChI is InChI=1S/C14H20ClNO4S/c1-4-10(2)16-14(17)7-8-21(18,19)11-5-6-13(20-3)12(15)9-11/h5-6,9-10H,4,7-8H2,1-3H3,(H,16,17). The molecule has 0 spiro atoms. The normalized spacial score (nSPS) is 12.8. The van der Waals surface area contributed by atoms with Crippen molar-refractivity contribution in [2.24, 2.45) is 0 Å². The smallest absolute Gasteiger partial charge is 0.221 e. The van der Waals surface area contributed by atoms with Gasteiger partial charge >= 0.3 is 0 Å². The van der Waals surface area contributed by atoms with Gasteiger partial charge in [0.05, 0.1) is 22.8 Å². The van der Waals surface area contributed by atoms with Gasteiger partial charge in [-0.1, -0.05) is 18.5 Å². The summed E-state index contributed by atoms with van der Waals surface area (Å²) in [5, 5.41) is 2.96. The van der Waals surface area contributed by atoms with Crippen LogP contribution >= 0.6 is 11.6 Å². The van der Waals surface area contributed by atoms with Crippen molar-refractivity contribution in [2.45, 2.75) is 37.6 Å². The number of ether oxygens (including phenoxy) is 1. The lowest BCUT2D eigenvalue weighted by Crippen LogP contribution is -2.33. The second-order valence-corrected chi connectivity index (χ2v) is 7.26. The van der Waals surface area contributed by atoms with Gasteiger partial charge in [-0.3, -0.25) is 4.79 Å². The highest BCUT2D eigenvalue weighted by Gasteiger charge is 2.18. The van der Waals surface area contributed by atoms with Gasteiger partial charge in [-0.05, 0) is 31.5 Å². The van der Waals surface area contributed by atoms with Crippen LogP contribution < -0.4 is 10.1 Å². The molecule has 21 heavy (non-hydrogen) atoms. The van der Waals surface area contributed by atoms with Crippen LogP contribution in [0.1, 0.15) is 26.7 Å². The van der Waals surface area contributed by atoms with E-state index >= 15 is 0 Å². The van der Waals surface area contributed by atoms with Gasteiger partial charge in [0, 0.05) is 12.5 Å². The molecule has 0 aliphatic rings. The summed E-state index contributed by atoms with van der Waals surface area (Å²) >= 11 is 5.92. The largest absolute Gasteiger partial charge is 0.495 e. The number of methoxy groups -OCH3 is 1. The van der Waals surface area contributed by atoms with Gasteiger partial charge in [0.15, 0.2) is 9.84 Å². The molecular formula is C14H20ClNO4S. The fourth-order valence-corrected chi connectivity index (χ4v) is 3.22. The Balaban J connectivity index is 2.74. The lowest BCUT2D eigenvalue weighted by Gasteiger charge is -2.11. The van der Waals surface area contributed by atoms with Crippen molar-refractivity contribution in [1.29, 1.82) is 0 Å². The summed E-state index contributed by atoms with van der Waals surface area (Å²) in [6, 6.07) is 4.29. The molecule has 7 heteroatoms. The molecular weight excluding hydrogens is 314 g/mol. The van der Waals surface area contributed by atoms with Crippen LogP contribution in [-0.2, 0) is 14.6 Å². The molecule has 1 N–H and O–H groups in total. The number of nitrogens with one attached hydrogen (secondary N) is 1. The van der Waals surface area contributed by atoms with E-state index < -0.39 is 9.84 Å². The quantitative estimate of drug-likeness (QED) is 0.831. The molecule has 0 fully saturated rings. The number of hydrogen-bond acceptors (Lipinski definition) is 4. The molecule has 118 valence electrons. The second kappa shape index (κ2) is 7.66. The zero-order chi connectivity index (χ0) is 16.0. The third-order valence-electron chi connectivity index (χ3n) is 3.10. The number of halogens is 1. The molecule has 5 nitrogen and oxygen atoms in total. The predicted octanol–water partition coefficient (Wildman–Crippen LogP) is 2.43. The monoisotopic (exact) mass is 333 g/mol. The number of rotatable bonds is 7. The summed E-state index contributed by atoms with van der Waals surface area (Å²) in [7, 11) is -2.09. The van der Waals surface area contributed by atoms with Gasteiger partial charge in [-0.15, -0.1) is 0 Å². The highest BCUT2D eigenvalue weighted by atomic mass is 35.5. The minimum atomic E-state index is -3.55. The van der Waals surface area contributed by atoms with Crippen LogP contribution in [0, 0.1) is 0 Å². The van der Waals surface area contributed by atoms with E-state index in [4.69, 9.17) is 16.3 Å². The molecule has 1 unspecified atom stereocenters. The summed E-state index contributed by atoms with van der Waals surface area (Å²) in [5.41, 5.74) is 0. The van der Waals surface area contributed by atoms with Crippen LogP contribution in [0.2, 0.25) is 5.02 Å². The van der Waals surface area contributed by atoms with E-state index in [9.17, 15) is 13.2 Å². The zero-order valence-electron chi connectivity index (χ0n) is 12.3. The Labute approximate surface area is 130 Å². The molecule has 1 aromatic carbocycles. The first-order valence-electron chi connectivity index (χ1n) is 6.65. The fourth-order valence-electron chi connectivity index (χ4n) is 1.63. The Morgan fingerprint density at radius 3 is 2.62 bits per heavy atom. The molecule has 0 saturated heterocycles. The topological polar surface area (TPSA) is 72.5 Å². The molecule has 0 aliphatic heterocycles. The molecule has 1 atom stereocenters. The Bertz CT molecular complexity index is 601. The first kappa shape index (κ1) is 17.8. The van der Waals surface area contributed by atoms with Crippen molar-refractivity contribution < 1.29 is 17.9 Å². The molecule has 1 rings (SSSR count). The first-order valence-corrected chi connectivity index (χ1v) is 8.68. The summed E-state index contributed by atoms with van der Waals surface area (Å²) in [6.07, 6.45) is 0.725. The molecule has 0 bridgehead atoms. The number of hydrogen-bond donors (Lipinski definition) is 1. The van der Waals surface area contributed by atoms with Gasteiger partial charge in [-0.25, -0.2) is 8.42 Å². The van der Waals surface area contributed by atoms with Crippen molar-refractivity contribution in [3.8, 4) is 5.75 Å². The van der Waals surface area contributed by atoms with Gasteiger partial charge < -0.3 is 10.1 Å². The Kier molecular flexibility index (Phi) is 6.48. The maximum Gasteiger partial charge on any atom is 0.221 e. The van der Waals surface area contributed by atoms with Crippen LogP contribution in [0.3, 0.4) is 0 Å². The molecule has 1 amide bonds. The number of sulfone groups is 1. The van der Waals surface area contributed by atoms with Gasteiger partial charge in [-0.2, -0.15) is 0 Å². The minimum Gasteiger partial charge on any atom is -0.495 e. The maximum absolute atomic E-state index is 12.2. The molecule has 1 aromatic rings. The highest BCUT2D eigenvalue weighted by molar-refractivity contribution is 7.91. The summed E-state index contributed by atoms with van der Waals surface area (Å²) in [4.78, 5) is 11.7. The third-order valence-corrected chi connectivity index (χ3v) is 5.11. The fraction of sp³-hybridized carbons (Fsp3) is 0.500. The Morgan fingerprint density at radius 2 is 2.10 bits per heavy atom. The lowest BCUT2D eigenvalue weighted by atomic mass is 10.2. The zero-order valence-corrected chi connectivity index (χ0v) is 13.9. The summed E-state index contributed by atoms with van der Waals surface area (Å²) in [6.45, 7) is 3.82. The summed E-state index contributed by atoms with van der Waals surface area (Å²) < 4.78 is 29.3. The summed E-state index contributed by atoms with van der Waals surface area (Å²) in [5.74, 6) is -0.115. The van der Waals surface area contributed by atoms with Gasteiger partial charge in [0.25, 0.3) is 0 Å². The van der Waals surface area contributed by atoms with Crippen molar-refractivity contribution in [3.63, 3.8) is 0 Å². The van der Waals surface area contributed by atoms with Crippen LogP contribution in [0.5, 0.6) is 5.75 Å². The van der Waals surface area contributed by atoms with Crippen LogP contribution in [0.4, 0.5) is 0 Å². The molecule has 0 radical (unpaired) electrons. The van der Waals surface area contributed by atoms with Gasteiger partial charge in [0.2, 0.25) is 5.91 Å². The van der Waals surface area contributed by atoms with Crippen molar-refractivity contribution in [1.82, 2.24) is 5.32 Å². The van der Waals surface area contributed by atoms with Crippen molar-refractivity contribution in [3.05, 3.63) is 23.2 Å². The number of carbonyl (C=O) groups excluding carboxylic acids is 1. The van der Waals surface area contributed by atoms with E-state index in [-0.39, 0.29) is 34.0 Å².